The summed E-state index contributed by atoms with van der Waals surface area (Å²) in [6.45, 7) is 6.27. The van der Waals surface area contributed by atoms with Crippen molar-refractivity contribution in [2.45, 2.75) is 25.9 Å². The highest BCUT2D eigenvalue weighted by molar-refractivity contribution is 7.99. The summed E-state index contributed by atoms with van der Waals surface area (Å²) in [5, 5.41) is 17.7. The van der Waals surface area contributed by atoms with E-state index in [0.717, 1.165) is 16.9 Å². The number of aryl methyl sites for hydroxylation is 3. The summed E-state index contributed by atoms with van der Waals surface area (Å²) in [6, 6.07) is 13.9. The van der Waals surface area contributed by atoms with E-state index in [2.05, 4.69) is 58.7 Å². The van der Waals surface area contributed by atoms with Crippen molar-refractivity contribution < 1.29 is 4.79 Å². The number of hydrogen-bond donors (Lipinski definition) is 1. The summed E-state index contributed by atoms with van der Waals surface area (Å²) >= 11 is 2.69. The van der Waals surface area contributed by atoms with Gasteiger partial charge in [-0.3, -0.25) is 4.79 Å². The van der Waals surface area contributed by atoms with Crippen molar-refractivity contribution in [2.75, 3.05) is 11.1 Å². The first-order valence-corrected chi connectivity index (χ1v) is 11.2. The van der Waals surface area contributed by atoms with Crippen LogP contribution in [0.1, 0.15) is 16.7 Å². The number of thioether (sulfide) groups is 1. The number of benzene rings is 2. The molecule has 0 fully saturated rings. The second-order valence-corrected chi connectivity index (χ2v) is 8.64. The zero-order valence-corrected chi connectivity index (χ0v) is 18.4. The predicted molar refractivity (Wildman–Crippen MR) is 120 cm³/mol. The lowest BCUT2D eigenvalue weighted by Gasteiger charge is -2.07. The standard InChI is InChI=1S/C21H20N6OS2/c1-13-9-15(3)17(10-14(13)2)18-11-29-20(22-18)23-19(28)12-30-21-24-25-26-27(21)16-7-5-4-6-8-16/h4-11H,12H2,1-3H3,(H,22,23,28). The molecule has 7 nitrogen and oxygen atoms in total. The van der Waals surface area contributed by atoms with Crippen LogP contribution in [0.4, 0.5) is 5.13 Å². The van der Waals surface area contributed by atoms with Crippen LogP contribution in [-0.4, -0.2) is 36.9 Å². The number of carbonyl (C=O) groups is 1. The number of rotatable bonds is 6. The average molecular weight is 437 g/mol. The van der Waals surface area contributed by atoms with Gasteiger partial charge >= 0.3 is 0 Å². The average Bonchev–Trinajstić information content (AvgIpc) is 3.39. The highest BCUT2D eigenvalue weighted by Gasteiger charge is 2.14. The lowest BCUT2D eigenvalue weighted by atomic mass is 9.99. The fraction of sp³-hybridized carbons (Fsp3) is 0.190. The van der Waals surface area contributed by atoms with Crippen LogP contribution in [-0.2, 0) is 4.79 Å². The van der Waals surface area contributed by atoms with Gasteiger partial charge in [0.15, 0.2) is 5.13 Å². The van der Waals surface area contributed by atoms with Crippen molar-refractivity contribution in [1.82, 2.24) is 25.2 Å². The molecule has 0 unspecified atom stereocenters. The fourth-order valence-corrected chi connectivity index (χ4v) is 4.39. The monoisotopic (exact) mass is 436 g/mol. The molecule has 1 N–H and O–H groups in total. The third kappa shape index (κ3) is 4.42. The molecule has 0 spiro atoms. The maximum Gasteiger partial charge on any atom is 0.236 e. The molecule has 2 heterocycles. The van der Waals surface area contributed by atoms with E-state index in [-0.39, 0.29) is 11.7 Å². The molecule has 0 aliphatic rings. The minimum Gasteiger partial charge on any atom is -0.301 e. The number of nitrogens with zero attached hydrogens (tertiary/aromatic N) is 5. The smallest absolute Gasteiger partial charge is 0.236 e. The van der Waals surface area contributed by atoms with E-state index in [9.17, 15) is 4.79 Å². The molecule has 2 aromatic carbocycles. The molecular weight excluding hydrogens is 416 g/mol. The van der Waals surface area contributed by atoms with Crippen LogP contribution in [0.2, 0.25) is 0 Å². The number of anilines is 1. The van der Waals surface area contributed by atoms with Crippen LogP contribution >= 0.6 is 23.1 Å². The summed E-state index contributed by atoms with van der Waals surface area (Å²) in [5.74, 6) is 0.0328. The Hall–Kier alpha value is -3.04. The van der Waals surface area contributed by atoms with E-state index < -0.39 is 0 Å². The van der Waals surface area contributed by atoms with Crippen molar-refractivity contribution >= 4 is 34.1 Å². The normalized spacial score (nSPS) is 10.9. The Bertz CT molecular complexity index is 1190. The molecule has 1 amide bonds. The molecule has 2 aromatic heterocycles. The van der Waals surface area contributed by atoms with E-state index in [1.807, 2.05) is 35.7 Å². The van der Waals surface area contributed by atoms with Crippen LogP contribution in [0, 0.1) is 20.8 Å². The van der Waals surface area contributed by atoms with Crippen molar-refractivity contribution in [3.63, 3.8) is 0 Å². The van der Waals surface area contributed by atoms with Crippen LogP contribution < -0.4 is 5.32 Å². The molecule has 0 saturated carbocycles. The zero-order valence-electron chi connectivity index (χ0n) is 16.8. The third-order valence-electron chi connectivity index (χ3n) is 4.64. The van der Waals surface area contributed by atoms with Gasteiger partial charge in [0, 0.05) is 10.9 Å². The van der Waals surface area contributed by atoms with E-state index in [0.29, 0.717) is 10.3 Å². The molecule has 30 heavy (non-hydrogen) atoms. The van der Waals surface area contributed by atoms with Gasteiger partial charge < -0.3 is 5.32 Å². The zero-order chi connectivity index (χ0) is 21.1. The highest BCUT2D eigenvalue weighted by Crippen LogP contribution is 2.29. The van der Waals surface area contributed by atoms with Crippen LogP contribution in [0.25, 0.3) is 16.9 Å². The van der Waals surface area contributed by atoms with Gasteiger partial charge in [-0.2, -0.15) is 4.68 Å². The van der Waals surface area contributed by atoms with Gasteiger partial charge in [-0.1, -0.05) is 36.0 Å². The van der Waals surface area contributed by atoms with Crippen LogP contribution in [0.3, 0.4) is 0 Å². The molecular formula is C21H20N6OS2. The summed E-state index contributed by atoms with van der Waals surface area (Å²) in [6.07, 6.45) is 0. The number of carbonyl (C=O) groups excluding carboxylic acids is 1. The minimum absolute atomic E-state index is 0.152. The number of aromatic nitrogens is 5. The Morgan fingerprint density at radius 3 is 2.67 bits per heavy atom. The predicted octanol–water partition coefficient (Wildman–Crippen LogP) is 4.44. The van der Waals surface area contributed by atoms with Crippen molar-refractivity contribution in [1.29, 1.82) is 0 Å². The lowest BCUT2D eigenvalue weighted by molar-refractivity contribution is -0.113. The third-order valence-corrected chi connectivity index (χ3v) is 6.32. The fourth-order valence-electron chi connectivity index (χ4n) is 2.98. The summed E-state index contributed by atoms with van der Waals surface area (Å²) in [5.41, 5.74) is 6.46. The summed E-state index contributed by atoms with van der Waals surface area (Å²) < 4.78 is 1.61. The molecule has 0 atom stereocenters. The lowest BCUT2D eigenvalue weighted by Crippen LogP contribution is -2.14. The molecule has 0 radical (unpaired) electrons. The first-order valence-electron chi connectivity index (χ1n) is 9.31. The topological polar surface area (TPSA) is 85.6 Å². The minimum atomic E-state index is -0.152. The van der Waals surface area contributed by atoms with Gasteiger partial charge in [-0.15, -0.1) is 16.4 Å². The molecule has 0 bridgehead atoms. The Kier molecular flexibility index (Phi) is 5.91. The van der Waals surface area contributed by atoms with Crippen molar-refractivity contribution in [2.24, 2.45) is 0 Å². The second-order valence-electron chi connectivity index (χ2n) is 6.83. The molecule has 0 saturated heterocycles. The van der Waals surface area contributed by atoms with Crippen LogP contribution in [0.5, 0.6) is 0 Å². The number of hydrogen-bond acceptors (Lipinski definition) is 7. The Balaban J connectivity index is 1.41. The number of thiazole rings is 1. The van der Waals surface area contributed by atoms with E-state index in [1.54, 1.807) is 4.68 Å². The SMILES string of the molecule is Cc1cc(C)c(-c2csc(NC(=O)CSc3nnnn3-c3ccccc3)n2)cc1C. The molecule has 0 aliphatic heterocycles. The van der Waals surface area contributed by atoms with E-state index >= 15 is 0 Å². The maximum absolute atomic E-state index is 12.4. The van der Waals surface area contributed by atoms with Gasteiger partial charge in [0.2, 0.25) is 11.1 Å². The van der Waals surface area contributed by atoms with Crippen molar-refractivity contribution in [3.05, 3.63) is 64.5 Å². The highest BCUT2D eigenvalue weighted by atomic mass is 32.2. The Morgan fingerprint density at radius 1 is 1.10 bits per heavy atom. The van der Waals surface area contributed by atoms with Gasteiger partial charge in [0.1, 0.15) is 0 Å². The molecule has 4 rings (SSSR count). The first-order chi connectivity index (χ1) is 14.5. The quantitative estimate of drug-likeness (QED) is 0.450. The second kappa shape index (κ2) is 8.76. The van der Waals surface area contributed by atoms with Gasteiger partial charge in [-0.05, 0) is 66.1 Å². The maximum atomic E-state index is 12.4. The Labute approximate surface area is 182 Å². The number of nitrogens with one attached hydrogen (secondary N) is 1. The number of amides is 1. The summed E-state index contributed by atoms with van der Waals surface area (Å²) in [7, 11) is 0. The molecule has 4 aromatic rings. The number of tetrazole rings is 1. The van der Waals surface area contributed by atoms with Gasteiger partial charge in [0.25, 0.3) is 0 Å². The van der Waals surface area contributed by atoms with Gasteiger partial charge in [-0.25, -0.2) is 4.98 Å². The van der Waals surface area contributed by atoms with E-state index in [1.165, 1.54) is 39.8 Å². The molecule has 0 aliphatic carbocycles. The van der Waals surface area contributed by atoms with E-state index in [4.69, 9.17) is 0 Å². The summed E-state index contributed by atoms with van der Waals surface area (Å²) in [4.78, 5) is 17.0. The van der Waals surface area contributed by atoms with Crippen molar-refractivity contribution in [3.8, 4) is 16.9 Å². The molecule has 152 valence electrons. The largest absolute Gasteiger partial charge is 0.301 e. The van der Waals surface area contributed by atoms with Gasteiger partial charge in [0.05, 0.1) is 17.1 Å². The van der Waals surface area contributed by atoms with Crippen LogP contribution in [0.15, 0.2) is 53.0 Å². The number of para-hydroxylation sites is 1. The first kappa shape index (κ1) is 20.2. The molecule has 9 heteroatoms. The Morgan fingerprint density at radius 2 is 1.87 bits per heavy atom.